The smallest absolute Gasteiger partial charge is 0.293 e. The van der Waals surface area contributed by atoms with Crippen LogP contribution in [-0.2, 0) is 0 Å². The van der Waals surface area contributed by atoms with Crippen molar-refractivity contribution in [2.24, 2.45) is 0 Å². The molecule has 0 spiro atoms. The summed E-state index contributed by atoms with van der Waals surface area (Å²) >= 11 is 0. The van der Waals surface area contributed by atoms with E-state index in [2.05, 4.69) is 30.0 Å². The van der Waals surface area contributed by atoms with Gasteiger partial charge in [0, 0.05) is 43.5 Å². The largest absolute Gasteiger partial charge is 0.368 e. The highest BCUT2D eigenvalue weighted by molar-refractivity contribution is 5.95. The molecule has 1 aliphatic rings. The van der Waals surface area contributed by atoms with E-state index in [4.69, 9.17) is 0 Å². The van der Waals surface area contributed by atoms with Gasteiger partial charge in [-0.3, -0.25) is 14.9 Å². The Morgan fingerprint density at radius 3 is 2.32 bits per heavy atom. The van der Waals surface area contributed by atoms with Crippen molar-refractivity contribution in [2.75, 3.05) is 36.0 Å². The zero-order valence-corrected chi connectivity index (χ0v) is 14.4. The predicted molar refractivity (Wildman–Crippen MR) is 98.7 cm³/mol. The number of nitrogens with zero attached hydrogens (tertiary/aromatic N) is 3. The van der Waals surface area contributed by atoms with Crippen molar-refractivity contribution in [1.82, 2.24) is 0 Å². The van der Waals surface area contributed by atoms with E-state index in [0.717, 1.165) is 13.1 Å². The van der Waals surface area contributed by atoms with E-state index >= 15 is 0 Å². The molecule has 0 saturated carbocycles. The van der Waals surface area contributed by atoms with Crippen LogP contribution in [0.5, 0.6) is 0 Å². The monoisotopic (exact) mass is 339 g/mol. The first-order valence-electron chi connectivity index (χ1n) is 8.31. The molecular formula is C19H21N3O3. The van der Waals surface area contributed by atoms with Gasteiger partial charge in [-0.05, 0) is 43.7 Å². The van der Waals surface area contributed by atoms with E-state index in [1.807, 2.05) is 11.0 Å². The van der Waals surface area contributed by atoms with Crippen LogP contribution in [0.2, 0.25) is 0 Å². The molecule has 1 saturated heterocycles. The molecule has 6 nitrogen and oxygen atoms in total. The lowest BCUT2D eigenvalue weighted by atomic mass is 10.1. The molecule has 0 bridgehead atoms. The van der Waals surface area contributed by atoms with Crippen LogP contribution >= 0.6 is 0 Å². The molecule has 1 heterocycles. The molecule has 2 aromatic rings. The Morgan fingerprint density at radius 1 is 1.04 bits per heavy atom. The molecule has 2 aromatic carbocycles. The number of ketones is 1. The fourth-order valence-corrected chi connectivity index (χ4v) is 3.19. The second-order valence-corrected chi connectivity index (χ2v) is 6.33. The summed E-state index contributed by atoms with van der Waals surface area (Å²) in [7, 11) is 0. The zero-order valence-electron chi connectivity index (χ0n) is 14.4. The molecular weight excluding hydrogens is 318 g/mol. The highest BCUT2D eigenvalue weighted by atomic mass is 16.6. The number of Topliss-reactive ketones (excluding diaryl/α,β-unsaturated/α-hetero) is 1. The summed E-state index contributed by atoms with van der Waals surface area (Å²) in [6.45, 7) is 6.49. The molecule has 0 radical (unpaired) electrons. The maximum absolute atomic E-state index is 11.5. The second-order valence-electron chi connectivity index (χ2n) is 6.33. The Bertz CT molecular complexity index is 811. The van der Waals surface area contributed by atoms with E-state index in [9.17, 15) is 14.9 Å². The minimum atomic E-state index is -0.408. The van der Waals surface area contributed by atoms with Crippen LogP contribution in [0, 0.1) is 17.0 Å². The van der Waals surface area contributed by atoms with Crippen molar-refractivity contribution in [3.05, 3.63) is 63.7 Å². The Balaban J connectivity index is 1.78. The van der Waals surface area contributed by atoms with Gasteiger partial charge in [-0.15, -0.1) is 0 Å². The molecule has 0 aliphatic carbocycles. The van der Waals surface area contributed by atoms with E-state index in [-0.39, 0.29) is 11.5 Å². The average Bonchev–Trinajstić information content (AvgIpc) is 2.61. The number of rotatable bonds is 4. The SMILES string of the molecule is CC(=O)c1ccc(N2CCN(c3cccc(C)c3)CC2)c([N+](=O)[O-])c1. The van der Waals surface area contributed by atoms with Crippen molar-refractivity contribution < 1.29 is 9.72 Å². The summed E-state index contributed by atoms with van der Waals surface area (Å²) in [5.74, 6) is -0.168. The van der Waals surface area contributed by atoms with Gasteiger partial charge in [0.1, 0.15) is 5.69 Å². The maximum atomic E-state index is 11.5. The van der Waals surface area contributed by atoms with Crippen LogP contribution in [0.3, 0.4) is 0 Å². The quantitative estimate of drug-likeness (QED) is 0.485. The molecule has 130 valence electrons. The molecule has 0 amide bonds. The highest BCUT2D eigenvalue weighted by Gasteiger charge is 2.24. The normalized spacial score (nSPS) is 14.5. The minimum Gasteiger partial charge on any atom is -0.368 e. The topological polar surface area (TPSA) is 66.7 Å². The van der Waals surface area contributed by atoms with Gasteiger partial charge in [0.05, 0.1) is 4.92 Å². The Morgan fingerprint density at radius 2 is 1.72 bits per heavy atom. The first-order chi connectivity index (χ1) is 12.0. The van der Waals surface area contributed by atoms with Crippen LogP contribution < -0.4 is 9.80 Å². The van der Waals surface area contributed by atoms with Crippen LogP contribution in [0.15, 0.2) is 42.5 Å². The van der Waals surface area contributed by atoms with Crippen molar-refractivity contribution in [3.63, 3.8) is 0 Å². The van der Waals surface area contributed by atoms with Crippen LogP contribution in [-0.4, -0.2) is 36.9 Å². The molecule has 1 aliphatic heterocycles. The van der Waals surface area contributed by atoms with Gasteiger partial charge in [0.2, 0.25) is 0 Å². The van der Waals surface area contributed by atoms with Crippen molar-refractivity contribution in [1.29, 1.82) is 0 Å². The van der Waals surface area contributed by atoms with E-state index < -0.39 is 4.92 Å². The van der Waals surface area contributed by atoms with E-state index in [1.165, 1.54) is 24.2 Å². The second kappa shape index (κ2) is 6.93. The molecule has 3 rings (SSSR count). The summed E-state index contributed by atoms with van der Waals surface area (Å²) in [5.41, 5.74) is 3.35. The third-order valence-electron chi connectivity index (χ3n) is 4.57. The molecule has 6 heteroatoms. The highest BCUT2D eigenvalue weighted by Crippen LogP contribution is 2.31. The summed E-state index contributed by atoms with van der Waals surface area (Å²) in [6.07, 6.45) is 0. The number of anilines is 2. The molecule has 25 heavy (non-hydrogen) atoms. The fraction of sp³-hybridized carbons (Fsp3) is 0.316. The lowest BCUT2D eigenvalue weighted by Crippen LogP contribution is -2.46. The number of nitro benzene ring substituents is 1. The number of hydrogen-bond donors (Lipinski definition) is 0. The van der Waals surface area contributed by atoms with Gasteiger partial charge in [-0.25, -0.2) is 0 Å². The van der Waals surface area contributed by atoms with Crippen LogP contribution in [0.25, 0.3) is 0 Å². The molecule has 1 fully saturated rings. The summed E-state index contributed by atoms with van der Waals surface area (Å²) in [4.78, 5) is 26.8. The van der Waals surface area contributed by atoms with Gasteiger partial charge in [0.25, 0.3) is 5.69 Å². The Kier molecular flexibility index (Phi) is 4.70. The van der Waals surface area contributed by atoms with Gasteiger partial charge >= 0.3 is 0 Å². The van der Waals surface area contributed by atoms with Crippen LogP contribution in [0.4, 0.5) is 17.1 Å². The van der Waals surface area contributed by atoms with Crippen molar-refractivity contribution in [3.8, 4) is 0 Å². The third kappa shape index (κ3) is 3.63. The standard InChI is InChI=1S/C19H21N3O3/c1-14-4-3-5-17(12-14)20-8-10-21(11-9-20)18-7-6-16(15(2)23)13-19(18)22(24)25/h3-7,12-13H,8-11H2,1-2H3. The fourth-order valence-electron chi connectivity index (χ4n) is 3.19. The van der Waals surface area contributed by atoms with Crippen molar-refractivity contribution in [2.45, 2.75) is 13.8 Å². The van der Waals surface area contributed by atoms with Gasteiger partial charge in [0.15, 0.2) is 5.78 Å². The number of nitro groups is 1. The van der Waals surface area contributed by atoms with Gasteiger partial charge in [-0.2, -0.15) is 0 Å². The summed E-state index contributed by atoms with van der Waals surface area (Å²) < 4.78 is 0. The van der Waals surface area contributed by atoms with E-state index in [0.29, 0.717) is 24.3 Å². The maximum Gasteiger partial charge on any atom is 0.293 e. The average molecular weight is 339 g/mol. The van der Waals surface area contributed by atoms with Gasteiger partial charge in [-0.1, -0.05) is 12.1 Å². The van der Waals surface area contributed by atoms with E-state index in [1.54, 1.807) is 12.1 Å². The summed E-state index contributed by atoms with van der Waals surface area (Å²) in [5, 5.41) is 11.4. The lowest BCUT2D eigenvalue weighted by molar-refractivity contribution is -0.384. The van der Waals surface area contributed by atoms with Crippen molar-refractivity contribution >= 4 is 22.8 Å². The minimum absolute atomic E-state index is 0.00305. The first kappa shape index (κ1) is 17.0. The number of benzene rings is 2. The first-order valence-corrected chi connectivity index (χ1v) is 8.31. The zero-order chi connectivity index (χ0) is 18.0. The Hall–Kier alpha value is -2.89. The number of aryl methyl sites for hydroxylation is 1. The molecule has 0 N–H and O–H groups in total. The van der Waals surface area contributed by atoms with Crippen LogP contribution in [0.1, 0.15) is 22.8 Å². The predicted octanol–water partition coefficient (Wildman–Crippen LogP) is 3.43. The number of piperazine rings is 1. The molecule has 0 aromatic heterocycles. The third-order valence-corrected chi connectivity index (χ3v) is 4.57. The lowest BCUT2D eigenvalue weighted by Gasteiger charge is -2.37. The number of carbonyl (C=O) groups excluding carboxylic acids is 1. The Labute approximate surface area is 146 Å². The number of carbonyl (C=O) groups is 1. The molecule has 0 unspecified atom stereocenters. The summed E-state index contributed by atoms with van der Waals surface area (Å²) in [6, 6.07) is 13.1. The molecule has 0 atom stereocenters. The van der Waals surface area contributed by atoms with Gasteiger partial charge < -0.3 is 9.80 Å². The number of hydrogen-bond acceptors (Lipinski definition) is 5.